The number of esters is 1. The van der Waals surface area contributed by atoms with Gasteiger partial charge in [0.15, 0.2) is 11.5 Å². The van der Waals surface area contributed by atoms with Gasteiger partial charge in [0.2, 0.25) is 0 Å². The number of methoxy groups -OCH3 is 1. The Labute approximate surface area is 218 Å². The molecule has 2 aliphatic carbocycles. The Morgan fingerprint density at radius 3 is 2.49 bits per heavy atom. The van der Waals surface area contributed by atoms with Gasteiger partial charge in [-0.15, -0.1) is 11.8 Å². The van der Waals surface area contributed by atoms with E-state index in [-0.39, 0.29) is 29.4 Å². The summed E-state index contributed by atoms with van der Waals surface area (Å²) in [6, 6.07) is 9.07. The predicted molar refractivity (Wildman–Crippen MR) is 133 cm³/mol. The SMILES string of the molecule is COC1=C[C@@H]2[C@@H]3[C@H](Sc4ccc(C(F)(F)F)cc4)c4ccc(C)c(OC(C)=O)c4[C@]2(CCN3C)CC1=O. The van der Waals surface area contributed by atoms with E-state index in [1.807, 2.05) is 32.2 Å². The lowest BCUT2D eigenvalue weighted by molar-refractivity contribution is -0.137. The zero-order chi connectivity index (χ0) is 26.7. The molecule has 1 fully saturated rings. The molecule has 5 rings (SSSR count). The van der Waals surface area contributed by atoms with Crippen LogP contribution in [0.3, 0.4) is 0 Å². The van der Waals surface area contributed by atoms with E-state index in [1.165, 1.54) is 37.9 Å². The minimum atomic E-state index is -4.41. The molecule has 1 aliphatic heterocycles. The van der Waals surface area contributed by atoms with E-state index < -0.39 is 23.1 Å². The number of ketones is 1. The molecule has 2 aromatic carbocycles. The summed E-state index contributed by atoms with van der Waals surface area (Å²) in [7, 11) is 3.53. The average molecular weight is 532 g/mol. The van der Waals surface area contributed by atoms with E-state index in [9.17, 15) is 22.8 Å². The fourth-order valence-electron chi connectivity index (χ4n) is 6.28. The molecule has 0 aromatic heterocycles. The molecule has 196 valence electrons. The number of fused-ring (bicyclic) bond motifs is 1. The standard InChI is InChI=1S/C28H28F3NO4S/c1-15-5-10-19-23(25(15)36-16(2)33)27-11-12-32(3)24(20(27)13-22(35-4)21(34)14-27)26(19)37-18-8-6-17(7-9-18)28(29,30)31/h5-10,13,20,24,26H,11-12,14H2,1-4H3/t20-,24-,26-,27-/m1/s1. The Balaban J connectivity index is 1.71. The molecule has 2 bridgehead atoms. The summed E-state index contributed by atoms with van der Waals surface area (Å²) in [6.45, 7) is 3.96. The van der Waals surface area contributed by atoms with Crippen LogP contribution in [-0.2, 0) is 25.9 Å². The van der Waals surface area contributed by atoms with Crippen molar-refractivity contribution in [3.8, 4) is 5.75 Å². The van der Waals surface area contributed by atoms with Crippen LogP contribution in [0.4, 0.5) is 13.2 Å². The summed E-state index contributed by atoms with van der Waals surface area (Å²) in [6.07, 6.45) is -1.55. The number of nitrogens with zero attached hydrogens (tertiary/aromatic N) is 1. The maximum Gasteiger partial charge on any atom is 0.416 e. The van der Waals surface area contributed by atoms with E-state index in [2.05, 4.69) is 4.90 Å². The first-order valence-electron chi connectivity index (χ1n) is 12.1. The minimum absolute atomic E-state index is 0.0559. The van der Waals surface area contributed by atoms with Crippen LogP contribution < -0.4 is 4.74 Å². The van der Waals surface area contributed by atoms with Crippen LogP contribution in [0.15, 0.2) is 53.1 Å². The average Bonchev–Trinajstić information content (AvgIpc) is 2.83. The van der Waals surface area contributed by atoms with E-state index >= 15 is 0 Å². The normalized spacial score (nSPS) is 27.2. The highest BCUT2D eigenvalue weighted by Crippen LogP contribution is 2.62. The van der Waals surface area contributed by atoms with Crippen molar-refractivity contribution in [2.45, 2.75) is 54.5 Å². The maximum absolute atomic E-state index is 13.2. The third-order valence-electron chi connectivity index (χ3n) is 7.92. The molecule has 1 saturated heterocycles. The number of Topliss-reactive ketones (excluding diaryl/α,β-unsaturated/α-hetero) is 1. The topological polar surface area (TPSA) is 55.8 Å². The number of likely N-dealkylation sites (tertiary alicyclic amines) is 1. The summed E-state index contributed by atoms with van der Waals surface area (Å²) in [5.74, 6) is 0.163. The van der Waals surface area contributed by atoms with Crippen LogP contribution in [0.25, 0.3) is 0 Å². The summed E-state index contributed by atoms with van der Waals surface area (Å²) in [5.41, 5.74) is 1.34. The van der Waals surface area contributed by atoms with Crippen LogP contribution in [0.1, 0.15) is 47.3 Å². The molecule has 9 heteroatoms. The molecule has 0 unspecified atom stereocenters. The van der Waals surface area contributed by atoms with Gasteiger partial charge in [0.05, 0.1) is 17.9 Å². The third-order valence-corrected chi connectivity index (χ3v) is 9.25. The predicted octanol–water partition coefficient (Wildman–Crippen LogP) is 5.85. The number of allylic oxidation sites excluding steroid dienone is 1. The van der Waals surface area contributed by atoms with Gasteiger partial charge in [-0.1, -0.05) is 12.1 Å². The van der Waals surface area contributed by atoms with Gasteiger partial charge in [-0.05, 0) is 68.4 Å². The van der Waals surface area contributed by atoms with Crippen molar-refractivity contribution in [1.29, 1.82) is 0 Å². The van der Waals surface area contributed by atoms with Crippen LogP contribution in [0.5, 0.6) is 5.75 Å². The van der Waals surface area contributed by atoms with Crippen molar-refractivity contribution < 1.29 is 32.2 Å². The number of rotatable bonds is 4. The maximum atomic E-state index is 13.2. The van der Waals surface area contributed by atoms with E-state index in [0.717, 1.165) is 35.4 Å². The molecule has 4 atom stereocenters. The van der Waals surface area contributed by atoms with Gasteiger partial charge in [-0.25, -0.2) is 0 Å². The molecule has 0 saturated carbocycles. The quantitative estimate of drug-likeness (QED) is 0.365. The number of carbonyl (C=O) groups is 2. The molecular formula is C28H28F3NO4S. The van der Waals surface area contributed by atoms with E-state index in [0.29, 0.717) is 22.8 Å². The number of likely N-dealkylation sites (N-methyl/N-ethyl adjacent to an activating group) is 1. The fourth-order valence-corrected chi connectivity index (χ4v) is 7.71. The first kappa shape index (κ1) is 25.9. The molecule has 3 aliphatic rings. The number of ether oxygens (including phenoxy) is 2. The monoisotopic (exact) mass is 531 g/mol. The Kier molecular flexibility index (Phi) is 6.43. The second kappa shape index (κ2) is 9.20. The summed E-state index contributed by atoms with van der Waals surface area (Å²) < 4.78 is 50.7. The van der Waals surface area contributed by atoms with E-state index in [4.69, 9.17) is 9.47 Å². The van der Waals surface area contributed by atoms with Crippen molar-refractivity contribution >= 4 is 23.5 Å². The number of halogens is 3. The van der Waals surface area contributed by atoms with Crippen molar-refractivity contribution in [2.24, 2.45) is 5.92 Å². The van der Waals surface area contributed by atoms with Crippen LogP contribution in [0.2, 0.25) is 0 Å². The molecule has 1 heterocycles. The second-order valence-electron chi connectivity index (χ2n) is 10.1. The number of hydrogen-bond donors (Lipinski definition) is 0. The smallest absolute Gasteiger partial charge is 0.416 e. The van der Waals surface area contributed by atoms with Gasteiger partial charge in [0.25, 0.3) is 0 Å². The number of aryl methyl sites for hydroxylation is 1. The lowest BCUT2D eigenvalue weighted by Crippen LogP contribution is -2.61. The van der Waals surface area contributed by atoms with Crippen LogP contribution in [0, 0.1) is 12.8 Å². The third kappa shape index (κ3) is 4.26. The highest BCUT2D eigenvalue weighted by atomic mass is 32.2. The van der Waals surface area contributed by atoms with Gasteiger partial charge >= 0.3 is 12.1 Å². The van der Waals surface area contributed by atoms with Gasteiger partial charge in [0.1, 0.15) is 5.75 Å². The number of hydrogen-bond acceptors (Lipinski definition) is 6. The van der Waals surface area contributed by atoms with Gasteiger partial charge in [-0.2, -0.15) is 13.2 Å². The lowest BCUT2D eigenvalue weighted by atomic mass is 9.53. The minimum Gasteiger partial charge on any atom is -0.493 e. The Hall–Kier alpha value is -2.78. The largest absolute Gasteiger partial charge is 0.493 e. The van der Waals surface area contributed by atoms with Crippen molar-refractivity contribution in [3.05, 3.63) is 70.5 Å². The number of benzene rings is 2. The van der Waals surface area contributed by atoms with Crippen molar-refractivity contribution in [1.82, 2.24) is 4.90 Å². The molecule has 2 aromatic rings. The molecule has 0 radical (unpaired) electrons. The Morgan fingerprint density at radius 1 is 1.16 bits per heavy atom. The molecule has 0 N–H and O–H groups in total. The molecule has 0 spiro atoms. The molecule has 0 amide bonds. The van der Waals surface area contributed by atoms with Crippen molar-refractivity contribution in [2.75, 3.05) is 20.7 Å². The number of piperidine rings is 1. The zero-order valence-electron chi connectivity index (χ0n) is 21.0. The Bertz CT molecular complexity index is 1290. The fraction of sp³-hybridized carbons (Fsp3) is 0.429. The molecular weight excluding hydrogens is 503 g/mol. The second-order valence-corrected chi connectivity index (χ2v) is 11.3. The lowest BCUT2D eigenvalue weighted by Gasteiger charge is -2.59. The number of carbonyl (C=O) groups excluding carboxylic acids is 2. The first-order chi connectivity index (χ1) is 17.5. The summed E-state index contributed by atoms with van der Waals surface area (Å²) in [4.78, 5) is 28.3. The number of alkyl halides is 3. The summed E-state index contributed by atoms with van der Waals surface area (Å²) >= 11 is 1.49. The van der Waals surface area contributed by atoms with E-state index in [1.54, 1.807) is 0 Å². The van der Waals surface area contributed by atoms with Gasteiger partial charge < -0.3 is 14.4 Å². The molecule has 37 heavy (non-hydrogen) atoms. The summed E-state index contributed by atoms with van der Waals surface area (Å²) in [5, 5.41) is -0.187. The zero-order valence-corrected chi connectivity index (χ0v) is 21.8. The van der Waals surface area contributed by atoms with Gasteiger partial charge in [0, 0.05) is 41.2 Å². The first-order valence-corrected chi connectivity index (χ1v) is 13.0. The Morgan fingerprint density at radius 2 is 1.86 bits per heavy atom. The highest BCUT2D eigenvalue weighted by Gasteiger charge is 2.59. The van der Waals surface area contributed by atoms with Gasteiger partial charge in [-0.3, -0.25) is 9.59 Å². The molecule has 5 nitrogen and oxygen atoms in total. The highest BCUT2D eigenvalue weighted by molar-refractivity contribution is 7.99. The van der Waals surface area contributed by atoms with Crippen LogP contribution >= 0.6 is 11.8 Å². The number of thioether (sulfide) groups is 1. The van der Waals surface area contributed by atoms with Crippen molar-refractivity contribution in [3.63, 3.8) is 0 Å². The van der Waals surface area contributed by atoms with Crippen LogP contribution in [-0.4, -0.2) is 43.4 Å².